The van der Waals surface area contributed by atoms with Crippen LogP contribution in [-0.2, 0) is 0 Å². The zero-order chi connectivity index (χ0) is 12.5. The van der Waals surface area contributed by atoms with E-state index in [4.69, 9.17) is 6.11 Å². The molecule has 2 aromatic carbocycles. The molecule has 0 aromatic heterocycles. The minimum absolute atomic E-state index is 0.0947. The summed E-state index contributed by atoms with van der Waals surface area (Å²) in [6.07, 6.45) is 0.0539. The van der Waals surface area contributed by atoms with Crippen molar-refractivity contribution < 1.29 is 10.9 Å². The van der Waals surface area contributed by atoms with Crippen LogP contribution in [0, 0.1) is 0 Å². The molecule has 0 bridgehead atoms. The van der Waals surface area contributed by atoms with Crippen LogP contribution in [0.5, 0.6) is 5.75 Å². The highest BCUT2D eigenvalue weighted by atomic mass is 16.5. The first kappa shape index (κ1) is 8.99. The van der Waals surface area contributed by atoms with Gasteiger partial charge in [-0.15, -0.1) is 0 Å². The number of carbonyl (C=O) groups is 1. The first-order chi connectivity index (χ1) is 8.74. The van der Waals surface area contributed by atoms with Crippen molar-refractivity contribution in [1.29, 1.82) is 0 Å². The fourth-order valence-electron chi connectivity index (χ4n) is 2.07. The third-order valence-corrected chi connectivity index (χ3v) is 2.93. The highest BCUT2D eigenvalue weighted by Crippen LogP contribution is 2.34. The lowest BCUT2D eigenvalue weighted by molar-refractivity contribution is 0.0850. The summed E-state index contributed by atoms with van der Waals surface area (Å²) in [7, 11) is 0. The van der Waals surface area contributed by atoms with E-state index in [9.17, 15) is 4.79 Å². The number of ether oxygens (including phenoxy) is 1. The Kier molecular flexibility index (Phi) is 2.15. The molecule has 84 valence electrons. The molecule has 0 aliphatic carbocycles. The van der Waals surface area contributed by atoms with Gasteiger partial charge in [0.2, 0.25) is 0 Å². The number of hydrogen-bond donors (Lipinski definition) is 0. The molecule has 0 radical (unpaired) electrons. The number of Topliss-reactive ketones (excluding diaryl/α,β-unsaturated/α-hetero) is 1. The van der Waals surface area contributed by atoms with Crippen molar-refractivity contribution in [2.24, 2.45) is 0 Å². The molecule has 2 heteroatoms. The Balaban J connectivity index is 1.97. The molecule has 0 fully saturated rings. The lowest BCUT2D eigenvalue weighted by Gasteiger charge is -2.25. The minimum atomic E-state index is -0.280. The maximum Gasteiger partial charge on any atom is 0.170 e. The van der Waals surface area contributed by atoms with Gasteiger partial charge >= 0.3 is 0 Å². The standard InChI is InChI=1S/C15H12O2/c16-13-10-15(11-6-2-1-3-7-11)17-14-9-5-4-8-12(13)14/h1-9,15H,10H2/i2D. The van der Waals surface area contributed by atoms with Gasteiger partial charge in [-0.05, 0) is 17.7 Å². The van der Waals surface area contributed by atoms with E-state index in [-0.39, 0.29) is 11.9 Å². The molecule has 0 saturated carbocycles. The van der Waals surface area contributed by atoms with E-state index in [1.807, 2.05) is 30.3 Å². The average molecular weight is 225 g/mol. The van der Waals surface area contributed by atoms with Crippen molar-refractivity contribution >= 4 is 5.78 Å². The van der Waals surface area contributed by atoms with Crippen LogP contribution in [0.4, 0.5) is 0 Å². The summed E-state index contributed by atoms with van der Waals surface area (Å²) in [5.41, 5.74) is 1.53. The van der Waals surface area contributed by atoms with Crippen LogP contribution in [0.2, 0.25) is 0 Å². The Labute approximate surface area is 101 Å². The molecule has 0 amide bonds. The number of carbonyl (C=O) groups excluding carboxylic acids is 1. The average Bonchev–Trinajstić information content (AvgIpc) is 2.39. The molecule has 0 N–H and O–H groups in total. The van der Waals surface area contributed by atoms with E-state index in [0.717, 1.165) is 5.56 Å². The second-order valence-corrected chi connectivity index (χ2v) is 4.07. The van der Waals surface area contributed by atoms with Gasteiger partial charge in [0, 0.05) is 0 Å². The van der Waals surface area contributed by atoms with Crippen LogP contribution in [0.15, 0.2) is 54.6 Å². The van der Waals surface area contributed by atoms with Gasteiger partial charge in [0.1, 0.15) is 11.9 Å². The van der Waals surface area contributed by atoms with Gasteiger partial charge in [-0.1, -0.05) is 42.4 Å². The van der Waals surface area contributed by atoms with Crippen LogP contribution >= 0.6 is 0 Å². The monoisotopic (exact) mass is 225 g/mol. The molecule has 1 aliphatic heterocycles. The SMILES string of the molecule is [2H]c1cccc(C2CC(=O)c3ccccc3O2)c1. The number of fused-ring (bicyclic) bond motifs is 1. The Morgan fingerprint density at radius 3 is 2.82 bits per heavy atom. The Morgan fingerprint density at radius 2 is 1.94 bits per heavy atom. The second kappa shape index (κ2) is 4.06. The fourth-order valence-corrected chi connectivity index (χ4v) is 2.07. The van der Waals surface area contributed by atoms with Gasteiger partial charge in [-0.2, -0.15) is 0 Å². The summed E-state index contributed by atoms with van der Waals surface area (Å²) in [6.45, 7) is 0. The van der Waals surface area contributed by atoms with E-state index in [2.05, 4.69) is 0 Å². The van der Waals surface area contributed by atoms with E-state index in [1.54, 1.807) is 18.2 Å². The first-order valence-corrected chi connectivity index (χ1v) is 5.59. The van der Waals surface area contributed by atoms with Crippen molar-refractivity contribution in [2.45, 2.75) is 12.5 Å². The predicted octanol–water partition coefficient (Wildman–Crippen LogP) is 3.39. The van der Waals surface area contributed by atoms with Crippen molar-refractivity contribution in [3.05, 3.63) is 65.7 Å². The molecule has 0 spiro atoms. The Bertz CT molecular complexity index is 607. The first-order valence-electron chi connectivity index (χ1n) is 6.09. The van der Waals surface area contributed by atoms with Crippen molar-refractivity contribution in [3.8, 4) is 5.75 Å². The van der Waals surface area contributed by atoms with Crippen LogP contribution < -0.4 is 4.74 Å². The summed E-state index contributed by atoms with van der Waals surface area (Å²) in [4.78, 5) is 12.0. The van der Waals surface area contributed by atoms with Crippen molar-refractivity contribution in [3.63, 3.8) is 0 Å². The van der Waals surface area contributed by atoms with Crippen molar-refractivity contribution in [2.75, 3.05) is 0 Å². The molecule has 2 aromatic rings. The highest BCUT2D eigenvalue weighted by molar-refractivity contribution is 5.99. The Morgan fingerprint density at radius 1 is 1.12 bits per heavy atom. The number of ketones is 1. The van der Waals surface area contributed by atoms with Crippen LogP contribution in [0.1, 0.15) is 29.8 Å². The molecular weight excluding hydrogens is 212 g/mol. The van der Waals surface area contributed by atoms with Crippen LogP contribution in [0.25, 0.3) is 0 Å². The van der Waals surface area contributed by atoms with E-state index in [0.29, 0.717) is 23.8 Å². The van der Waals surface area contributed by atoms with Gasteiger partial charge in [0.15, 0.2) is 5.78 Å². The zero-order valence-electron chi connectivity index (χ0n) is 10.2. The van der Waals surface area contributed by atoms with E-state index >= 15 is 0 Å². The molecule has 1 aliphatic rings. The lowest BCUT2D eigenvalue weighted by atomic mass is 9.96. The number of hydrogen-bond acceptors (Lipinski definition) is 2. The quantitative estimate of drug-likeness (QED) is 0.743. The second-order valence-electron chi connectivity index (χ2n) is 4.07. The topological polar surface area (TPSA) is 26.3 Å². The van der Waals surface area contributed by atoms with Gasteiger partial charge in [-0.3, -0.25) is 4.79 Å². The summed E-state index contributed by atoms with van der Waals surface area (Å²) < 4.78 is 13.4. The maximum atomic E-state index is 12.0. The third-order valence-electron chi connectivity index (χ3n) is 2.93. The fraction of sp³-hybridized carbons (Fsp3) is 0.133. The molecule has 2 nitrogen and oxygen atoms in total. The number of benzene rings is 2. The summed E-state index contributed by atoms with van der Waals surface area (Å²) >= 11 is 0. The van der Waals surface area contributed by atoms with Gasteiger partial charge in [0.25, 0.3) is 0 Å². The minimum Gasteiger partial charge on any atom is -0.484 e. The van der Waals surface area contributed by atoms with Crippen LogP contribution in [-0.4, -0.2) is 5.78 Å². The summed E-state index contributed by atoms with van der Waals surface area (Å²) in [5.74, 6) is 0.728. The maximum absolute atomic E-state index is 12.0. The van der Waals surface area contributed by atoms with E-state index in [1.165, 1.54) is 0 Å². The van der Waals surface area contributed by atoms with E-state index < -0.39 is 0 Å². The zero-order valence-corrected chi connectivity index (χ0v) is 9.22. The molecule has 17 heavy (non-hydrogen) atoms. The van der Waals surface area contributed by atoms with Crippen molar-refractivity contribution in [1.82, 2.24) is 0 Å². The molecule has 3 rings (SSSR count). The smallest absolute Gasteiger partial charge is 0.170 e. The normalized spacial score (nSPS) is 19.2. The molecular formula is C15H12O2. The molecule has 1 unspecified atom stereocenters. The Hall–Kier alpha value is -2.09. The lowest BCUT2D eigenvalue weighted by Crippen LogP contribution is -2.20. The highest BCUT2D eigenvalue weighted by Gasteiger charge is 2.26. The predicted molar refractivity (Wildman–Crippen MR) is 65.2 cm³/mol. The summed E-state index contributed by atoms with van der Waals surface area (Å²) in [5, 5.41) is 0. The largest absolute Gasteiger partial charge is 0.484 e. The van der Waals surface area contributed by atoms with Gasteiger partial charge < -0.3 is 4.74 Å². The number of para-hydroxylation sites is 1. The third kappa shape index (κ3) is 1.82. The van der Waals surface area contributed by atoms with Gasteiger partial charge in [0.05, 0.1) is 13.4 Å². The molecule has 1 heterocycles. The van der Waals surface area contributed by atoms with Gasteiger partial charge in [-0.25, -0.2) is 0 Å². The molecule has 1 atom stereocenters. The van der Waals surface area contributed by atoms with Crippen LogP contribution in [0.3, 0.4) is 0 Å². The summed E-state index contributed by atoms with van der Waals surface area (Å²) in [6, 6.07) is 14.9. The molecule has 0 saturated heterocycles. The number of rotatable bonds is 1.